The molecule has 0 bridgehead atoms. The normalized spacial score (nSPS) is 16.6. The van der Waals surface area contributed by atoms with Crippen molar-refractivity contribution in [2.24, 2.45) is 0 Å². The lowest BCUT2D eigenvalue weighted by Crippen LogP contribution is -2.51. The number of halogens is 3. The van der Waals surface area contributed by atoms with E-state index in [0.717, 1.165) is 6.26 Å². The molecule has 1 amide bonds. The number of carbonyl (C=O) groups excluding carboxylic acids is 1. The summed E-state index contributed by atoms with van der Waals surface area (Å²) in [7, 11) is -3.42. The van der Waals surface area contributed by atoms with Crippen LogP contribution in [-0.2, 0) is 14.8 Å². The molecule has 35 heavy (non-hydrogen) atoms. The Balaban J connectivity index is 1.79. The zero-order chi connectivity index (χ0) is 25.9. The number of nitriles is 1. The number of amides is 1. The first-order valence-electron chi connectivity index (χ1n) is 11.1. The Hall–Kier alpha value is -3.10. The van der Waals surface area contributed by atoms with E-state index in [1.807, 2.05) is 6.07 Å². The predicted molar refractivity (Wildman–Crippen MR) is 127 cm³/mol. The van der Waals surface area contributed by atoms with Crippen LogP contribution in [0.25, 0.3) is 11.1 Å². The molecule has 2 atom stereocenters. The smallest absolute Gasteiger partial charge is 0.336 e. The van der Waals surface area contributed by atoms with Crippen molar-refractivity contribution < 1.29 is 26.4 Å². The van der Waals surface area contributed by atoms with Crippen LogP contribution in [0.5, 0.6) is 0 Å². The quantitative estimate of drug-likeness (QED) is 0.444. The van der Waals surface area contributed by atoms with E-state index in [1.54, 1.807) is 43.3 Å². The molecule has 0 heterocycles. The van der Waals surface area contributed by atoms with Crippen LogP contribution in [0.2, 0.25) is 0 Å². The lowest BCUT2D eigenvalue weighted by Gasteiger charge is -2.28. The van der Waals surface area contributed by atoms with Gasteiger partial charge in [-0.2, -0.15) is 18.4 Å². The largest absolute Gasteiger partial charge is 0.407 e. The molecule has 0 spiro atoms. The highest BCUT2D eigenvalue weighted by Crippen LogP contribution is 2.36. The van der Waals surface area contributed by atoms with Crippen LogP contribution in [0.4, 0.5) is 18.9 Å². The number of sulfonamides is 1. The molecule has 1 aliphatic carbocycles. The molecule has 0 radical (unpaired) electrons. The van der Waals surface area contributed by atoms with Gasteiger partial charge < -0.3 is 5.32 Å². The van der Waals surface area contributed by atoms with Crippen LogP contribution in [0.1, 0.15) is 44.2 Å². The molecular formula is C24H27F3N4O3S. The van der Waals surface area contributed by atoms with E-state index in [1.165, 1.54) is 12.1 Å². The first kappa shape index (κ1) is 26.5. The van der Waals surface area contributed by atoms with Crippen molar-refractivity contribution in [1.29, 1.82) is 5.26 Å². The third kappa shape index (κ3) is 7.19. The van der Waals surface area contributed by atoms with Crippen molar-refractivity contribution in [1.82, 2.24) is 10.6 Å². The van der Waals surface area contributed by atoms with Crippen molar-refractivity contribution in [2.45, 2.75) is 56.4 Å². The number of benzene rings is 2. The van der Waals surface area contributed by atoms with E-state index in [2.05, 4.69) is 15.4 Å². The molecule has 7 nitrogen and oxygen atoms in total. The van der Waals surface area contributed by atoms with Crippen LogP contribution >= 0.6 is 0 Å². The van der Waals surface area contributed by atoms with Crippen LogP contribution in [-0.4, -0.2) is 38.3 Å². The van der Waals surface area contributed by atoms with E-state index < -0.39 is 39.7 Å². The minimum Gasteiger partial charge on any atom is -0.336 e. The maximum Gasteiger partial charge on any atom is 0.407 e. The van der Waals surface area contributed by atoms with Gasteiger partial charge in [-0.1, -0.05) is 49.7 Å². The SMILES string of the molecule is CCC[C@H](N[C@@H](c1ccc(-c2ccc(NS(C)(=O)=O)cc2)cc1)C(F)(F)F)C(=O)NC1(C#N)CC1. The van der Waals surface area contributed by atoms with Crippen molar-refractivity contribution in [3.05, 3.63) is 54.1 Å². The number of anilines is 1. The van der Waals surface area contributed by atoms with Gasteiger partial charge in [0.1, 0.15) is 11.6 Å². The van der Waals surface area contributed by atoms with E-state index >= 15 is 0 Å². The summed E-state index contributed by atoms with van der Waals surface area (Å²) in [4.78, 5) is 12.7. The van der Waals surface area contributed by atoms with Crippen LogP contribution < -0.4 is 15.4 Å². The fraction of sp³-hybridized carbons (Fsp3) is 0.417. The Kier molecular flexibility index (Phi) is 7.77. The first-order valence-corrected chi connectivity index (χ1v) is 13.0. The standard InChI is InChI=1S/C24H27F3N4O3S/c1-3-4-20(22(32)30-23(15-28)13-14-23)29-21(24(25,26)27)18-7-5-16(6-8-18)17-9-11-19(12-10-17)31-35(2,33)34/h5-12,20-21,29,31H,3-4,13-14H2,1-2H3,(H,30,32)/t20-,21-/m0/s1. The molecule has 3 rings (SSSR count). The molecule has 0 unspecified atom stereocenters. The lowest BCUT2D eigenvalue weighted by atomic mass is 9.99. The second-order valence-electron chi connectivity index (χ2n) is 8.74. The summed E-state index contributed by atoms with van der Waals surface area (Å²) in [6.07, 6.45) is -1.97. The monoisotopic (exact) mass is 508 g/mol. The van der Waals surface area contributed by atoms with E-state index in [9.17, 15) is 31.6 Å². The molecular weight excluding hydrogens is 481 g/mol. The minimum absolute atomic E-state index is 0.0491. The van der Waals surface area contributed by atoms with Crippen LogP contribution in [0.15, 0.2) is 48.5 Å². The fourth-order valence-electron chi connectivity index (χ4n) is 3.69. The van der Waals surface area contributed by atoms with E-state index in [-0.39, 0.29) is 12.0 Å². The summed E-state index contributed by atoms with van der Waals surface area (Å²) in [6.45, 7) is 1.77. The van der Waals surface area contributed by atoms with Crippen molar-refractivity contribution in [2.75, 3.05) is 11.0 Å². The van der Waals surface area contributed by atoms with Gasteiger partial charge >= 0.3 is 6.18 Å². The molecule has 2 aromatic carbocycles. The molecule has 0 aromatic heterocycles. The Morgan fingerprint density at radius 2 is 1.63 bits per heavy atom. The number of nitrogens with zero attached hydrogens (tertiary/aromatic N) is 1. The van der Waals surface area contributed by atoms with Gasteiger partial charge in [0, 0.05) is 5.69 Å². The van der Waals surface area contributed by atoms with Gasteiger partial charge in [0.15, 0.2) is 0 Å². The van der Waals surface area contributed by atoms with Gasteiger partial charge in [-0.25, -0.2) is 8.42 Å². The van der Waals surface area contributed by atoms with Gasteiger partial charge in [-0.05, 0) is 48.1 Å². The fourth-order valence-corrected chi connectivity index (χ4v) is 4.25. The molecule has 1 aliphatic rings. The molecule has 2 aromatic rings. The van der Waals surface area contributed by atoms with E-state index in [4.69, 9.17) is 0 Å². The summed E-state index contributed by atoms with van der Waals surface area (Å²) in [5, 5.41) is 14.2. The molecule has 3 N–H and O–H groups in total. The number of nitrogens with one attached hydrogen (secondary N) is 3. The zero-order valence-corrected chi connectivity index (χ0v) is 20.1. The predicted octanol–water partition coefficient (Wildman–Crippen LogP) is 4.26. The van der Waals surface area contributed by atoms with Crippen molar-refractivity contribution >= 4 is 21.6 Å². The van der Waals surface area contributed by atoms with Gasteiger partial charge in [0.25, 0.3) is 0 Å². The summed E-state index contributed by atoms with van der Waals surface area (Å²) in [5.74, 6) is -0.612. The molecule has 1 saturated carbocycles. The molecule has 1 fully saturated rings. The number of carbonyl (C=O) groups is 1. The third-order valence-corrected chi connectivity index (χ3v) is 6.29. The maximum atomic E-state index is 14.0. The molecule has 11 heteroatoms. The second-order valence-corrected chi connectivity index (χ2v) is 10.5. The molecule has 0 saturated heterocycles. The summed E-state index contributed by atoms with van der Waals surface area (Å²) < 4.78 is 67.0. The van der Waals surface area contributed by atoms with Gasteiger partial charge in [-0.3, -0.25) is 14.8 Å². The van der Waals surface area contributed by atoms with Crippen molar-refractivity contribution in [3.8, 4) is 17.2 Å². The number of hydrogen-bond acceptors (Lipinski definition) is 5. The summed E-state index contributed by atoms with van der Waals surface area (Å²) in [6, 6.07) is 11.1. The van der Waals surface area contributed by atoms with Gasteiger partial charge in [-0.15, -0.1) is 0 Å². The Labute approximate surface area is 202 Å². The number of alkyl halides is 3. The third-order valence-electron chi connectivity index (χ3n) is 5.68. The number of hydrogen-bond donors (Lipinski definition) is 3. The maximum absolute atomic E-state index is 14.0. The highest BCUT2D eigenvalue weighted by Gasteiger charge is 2.47. The van der Waals surface area contributed by atoms with Crippen LogP contribution in [0.3, 0.4) is 0 Å². The molecule has 188 valence electrons. The highest BCUT2D eigenvalue weighted by molar-refractivity contribution is 7.92. The Bertz CT molecular complexity index is 1190. The number of rotatable bonds is 10. The summed E-state index contributed by atoms with van der Waals surface area (Å²) >= 11 is 0. The average molecular weight is 509 g/mol. The minimum atomic E-state index is -4.65. The Morgan fingerprint density at radius 3 is 2.06 bits per heavy atom. The first-order chi connectivity index (χ1) is 16.4. The average Bonchev–Trinajstić information content (AvgIpc) is 3.55. The highest BCUT2D eigenvalue weighted by atomic mass is 32.2. The van der Waals surface area contributed by atoms with Gasteiger partial charge in [0.2, 0.25) is 15.9 Å². The summed E-state index contributed by atoms with van der Waals surface area (Å²) in [5.41, 5.74) is 0.701. The lowest BCUT2D eigenvalue weighted by molar-refractivity contribution is -0.161. The topological polar surface area (TPSA) is 111 Å². The second kappa shape index (κ2) is 10.3. The Morgan fingerprint density at radius 1 is 1.09 bits per heavy atom. The zero-order valence-electron chi connectivity index (χ0n) is 19.3. The molecule has 0 aliphatic heterocycles. The van der Waals surface area contributed by atoms with Crippen molar-refractivity contribution in [3.63, 3.8) is 0 Å². The van der Waals surface area contributed by atoms with Gasteiger partial charge in [0.05, 0.1) is 18.4 Å². The van der Waals surface area contributed by atoms with E-state index in [0.29, 0.717) is 36.1 Å². The van der Waals surface area contributed by atoms with Crippen LogP contribution in [0, 0.1) is 11.3 Å².